The molecule has 128 valence electrons. The van der Waals surface area contributed by atoms with Gasteiger partial charge in [0.1, 0.15) is 11.7 Å². The van der Waals surface area contributed by atoms with Crippen molar-refractivity contribution in [1.82, 2.24) is 24.2 Å². The second-order valence-electron chi connectivity index (χ2n) is 5.83. The summed E-state index contributed by atoms with van der Waals surface area (Å²) in [4.78, 5) is 42.6. The highest BCUT2D eigenvalue weighted by Crippen LogP contribution is 2.15. The Labute approximate surface area is 143 Å². The number of hydrogen-bond acceptors (Lipinski definition) is 5. The molecule has 0 N–H and O–H groups in total. The van der Waals surface area contributed by atoms with E-state index >= 15 is 0 Å². The maximum Gasteiger partial charge on any atom is 0.265 e. The number of amides is 1. The van der Waals surface area contributed by atoms with E-state index in [-0.39, 0.29) is 5.39 Å². The van der Waals surface area contributed by atoms with E-state index in [0.29, 0.717) is 5.65 Å². The molecule has 2 heterocycles. The molecule has 1 amide bonds. The summed E-state index contributed by atoms with van der Waals surface area (Å²) in [7, 11) is 3.06. The number of ketones is 1. The first-order valence-electron chi connectivity index (χ1n) is 7.63. The summed E-state index contributed by atoms with van der Waals surface area (Å²) in [5.41, 5.74) is 0.643. The van der Waals surface area contributed by atoms with Crippen LogP contribution in [0.3, 0.4) is 0 Å². The van der Waals surface area contributed by atoms with E-state index < -0.39 is 23.3 Å². The highest BCUT2D eigenvalue weighted by Gasteiger charge is 2.28. The molecule has 0 aliphatic carbocycles. The molecule has 0 fully saturated rings. The topological polar surface area (TPSA) is 90.1 Å². The lowest BCUT2D eigenvalue weighted by atomic mass is 10.1. The van der Waals surface area contributed by atoms with E-state index in [4.69, 9.17) is 0 Å². The summed E-state index contributed by atoms with van der Waals surface area (Å²) in [5, 5.41) is 4.45. The van der Waals surface area contributed by atoms with Crippen molar-refractivity contribution in [2.75, 3.05) is 14.1 Å². The van der Waals surface area contributed by atoms with Crippen molar-refractivity contribution in [2.45, 2.75) is 13.0 Å². The minimum absolute atomic E-state index is 0.240. The van der Waals surface area contributed by atoms with Crippen LogP contribution >= 0.6 is 0 Å². The number of likely N-dealkylation sites (N-methyl/N-ethyl adjacent to an activating group) is 1. The zero-order valence-electron chi connectivity index (χ0n) is 14.1. The molecule has 3 rings (SSSR count). The summed E-state index contributed by atoms with van der Waals surface area (Å²) in [6.45, 7) is 1.27. The van der Waals surface area contributed by atoms with Crippen LogP contribution in [0.5, 0.6) is 0 Å². The van der Waals surface area contributed by atoms with Crippen LogP contribution in [0, 0.1) is 0 Å². The molecule has 0 aliphatic rings. The minimum Gasteiger partial charge on any atom is -0.347 e. The van der Waals surface area contributed by atoms with E-state index in [2.05, 4.69) is 10.1 Å². The van der Waals surface area contributed by atoms with Crippen molar-refractivity contribution in [3.05, 3.63) is 53.2 Å². The van der Waals surface area contributed by atoms with Gasteiger partial charge in [0.2, 0.25) is 0 Å². The SMILES string of the molecule is CC(=O)C(C(=O)N(C)C)n1cnc2c(cnn2-c2ccccc2)c1=O. The average Bonchev–Trinajstić information content (AvgIpc) is 3.02. The first-order valence-corrected chi connectivity index (χ1v) is 7.63. The largest absolute Gasteiger partial charge is 0.347 e. The molecule has 0 bridgehead atoms. The maximum atomic E-state index is 12.8. The second kappa shape index (κ2) is 6.31. The lowest BCUT2D eigenvalue weighted by Crippen LogP contribution is -2.40. The molecule has 0 saturated heterocycles. The van der Waals surface area contributed by atoms with Crippen LogP contribution in [-0.2, 0) is 9.59 Å². The number of carbonyl (C=O) groups is 2. The fourth-order valence-corrected chi connectivity index (χ4v) is 2.60. The Morgan fingerprint density at radius 1 is 1.16 bits per heavy atom. The molecule has 0 spiro atoms. The Hall–Kier alpha value is -3.29. The van der Waals surface area contributed by atoms with Gasteiger partial charge in [-0.25, -0.2) is 9.67 Å². The van der Waals surface area contributed by atoms with E-state index in [1.807, 2.05) is 30.3 Å². The summed E-state index contributed by atoms with van der Waals surface area (Å²) in [5.74, 6) is -0.913. The first kappa shape index (κ1) is 16.6. The van der Waals surface area contributed by atoms with Gasteiger partial charge < -0.3 is 4.90 Å². The molecule has 3 aromatic rings. The van der Waals surface area contributed by atoms with Gasteiger partial charge in [0.25, 0.3) is 11.5 Å². The van der Waals surface area contributed by atoms with E-state index in [1.165, 1.54) is 43.1 Å². The number of aromatic nitrogens is 4. The number of para-hydroxylation sites is 1. The number of nitrogens with zero attached hydrogens (tertiary/aromatic N) is 5. The number of fused-ring (bicyclic) bond motifs is 1. The van der Waals surface area contributed by atoms with Crippen LogP contribution in [0.4, 0.5) is 0 Å². The van der Waals surface area contributed by atoms with Gasteiger partial charge in [0.15, 0.2) is 17.5 Å². The lowest BCUT2D eigenvalue weighted by molar-refractivity contribution is -0.137. The first-order chi connectivity index (χ1) is 11.9. The van der Waals surface area contributed by atoms with E-state index in [9.17, 15) is 14.4 Å². The summed E-state index contributed by atoms with van der Waals surface area (Å²) in [6.07, 6.45) is 2.62. The van der Waals surface area contributed by atoms with Crippen LogP contribution in [0.1, 0.15) is 13.0 Å². The molecular weight excluding hydrogens is 322 g/mol. The molecule has 2 aromatic heterocycles. The highest BCUT2D eigenvalue weighted by atomic mass is 16.2. The zero-order valence-corrected chi connectivity index (χ0v) is 14.1. The standard InChI is InChI=1S/C17H17N5O3/c1-11(23)14(17(25)20(2)3)21-10-18-15-13(16(21)24)9-19-22(15)12-7-5-4-6-8-12/h4-10,14H,1-3H3. The summed E-state index contributed by atoms with van der Waals surface area (Å²) in [6, 6.07) is 8.03. The average molecular weight is 339 g/mol. The van der Waals surface area contributed by atoms with Gasteiger partial charge in [-0.2, -0.15) is 5.10 Å². The fraction of sp³-hybridized carbons (Fsp3) is 0.235. The monoisotopic (exact) mass is 339 g/mol. The fourth-order valence-electron chi connectivity index (χ4n) is 2.60. The van der Waals surface area contributed by atoms with Gasteiger partial charge in [-0.3, -0.25) is 19.0 Å². The third kappa shape index (κ3) is 2.82. The van der Waals surface area contributed by atoms with Gasteiger partial charge >= 0.3 is 0 Å². The highest BCUT2D eigenvalue weighted by molar-refractivity contribution is 6.02. The van der Waals surface area contributed by atoms with Crippen molar-refractivity contribution in [2.24, 2.45) is 0 Å². The molecule has 0 radical (unpaired) electrons. The Morgan fingerprint density at radius 3 is 2.44 bits per heavy atom. The maximum absolute atomic E-state index is 12.8. The number of hydrogen-bond donors (Lipinski definition) is 0. The number of benzene rings is 1. The van der Waals surface area contributed by atoms with Crippen LogP contribution in [0.25, 0.3) is 16.7 Å². The van der Waals surface area contributed by atoms with Crippen molar-refractivity contribution in [3.8, 4) is 5.69 Å². The zero-order chi connectivity index (χ0) is 18.1. The molecular formula is C17H17N5O3. The minimum atomic E-state index is -1.24. The summed E-state index contributed by atoms with van der Waals surface area (Å²) < 4.78 is 2.60. The Morgan fingerprint density at radius 2 is 1.84 bits per heavy atom. The van der Waals surface area contributed by atoms with Gasteiger partial charge in [-0.1, -0.05) is 18.2 Å². The molecule has 0 aliphatic heterocycles. The smallest absolute Gasteiger partial charge is 0.265 e. The Balaban J connectivity index is 2.17. The van der Waals surface area contributed by atoms with Gasteiger partial charge in [0.05, 0.1) is 11.9 Å². The van der Waals surface area contributed by atoms with Crippen molar-refractivity contribution >= 4 is 22.7 Å². The second-order valence-corrected chi connectivity index (χ2v) is 5.83. The van der Waals surface area contributed by atoms with E-state index in [1.54, 1.807) is 0 Å². The predicted octanol–water partition coefficient (Wildman–Crippen LogP) is 0.800. The van der Waals surface area contributed by atoms with Crippen LogP contribution in [0.15, 0.2) is 47.7 Å². The molecule has 0 saturated carbocycles. The van der Waals surface area contributed by atoms with Crippen molar-refractivity contribution < 1.29 is 9.59 Å². The molecule has 1 atom stereocenters. The predicted molar refractivity (Wildman–Crippen MR) is 91.5 cm³/mol. The quantitative estimate of drug-likeness (QED) is 0.656. The van der Waals surface area contributed by atoms with Crippen LogP contribution in [0.2, 0.25) is 0 Å². The molecule has 1 unspecified atom stereocenters. The third-order valence-electron chi connectivity index (χ3n) is 3.85. The van der Waals surface area contributed by atoms with Crippen molar-refractivity contribution in [1.29, 1.82) is 0 Å². The number of Topliss-reactive ketones (excluding diaryl/α,β-unsaturated/α-hetero) is 1. The van der Waals surface area contributed by atoms with Gasteiger partial charge in [0, 0.05) is 14.1 Å². The van der Waals surface area contributed by atoms with Crippen LogP contribution in [-0.4, -0.2) is 50.0 Å². The molecule has 25 heavy (non-hydrogen) atoms. The number of carbonyl (C=O) groups excluding carboxylic acids is 2. The van der Waals surface area contributed by atoms with Crippen molar-refractivity contribution in [3.63, 3.8) is 0 Å². The number of rotatable bonds is 4. The Kier molecular flexibility index (Phi) is 4.18. The summed E-state index contributed by atoms with van der Waals surface area (Å²) >= 11 is 0. The third-order valence-corrected chi connectivity index (χ3v) is 3.85. The normalized spacial score (nSPS) is 12.1. The molecule has 8 heteroatoms. The van der Waals surface area contributed by atoms with E-state index in [0.717, 1.165) is 10.3 Å². The lowest BCUT2D eigenvalue weighted by Gasteiger charge is -2.20. The van der Waals surface area contributed by atoms with Gasteiger partial charge in [-0.05, 0) is 19.1 Å². The molecule has 1 aromatic carbocycles. The Bertz CT molecular complexity index is 1000. The molecule has 8 nitrogen and oxygen atoms in total. The van der Waals surface area contributed by atoms with Crippen LogP contribution < -0.4 is 5.56 Å². The van der Waals surface area contributed by atoms with Gasteiger partial charge in [-0.15, -0.1) is 0 Å².